The zero-order valence-corrected chi connectivity index (χ0v) is 12.3. The first-order chi connectivity index (χ1) is 8.94. The minimum Gasteiger partial charge on any atom is -0.481 e. The Morgan fingerprint density at radius 3 is 2.79 bits per heavy atom. The second-order valence-electron chi connectivity index (χ2n) is 4.68. The predicted octanol–water partition coefficient (Wildman–Crippen LogP) is 1.84. The highest BCUT2D eigenvalue weighted by atomic mass is 32.2. The van der Waals surface area contributed by atoms with Gasteiger partial charge in [-0.3, -0.25) is 4.79 Å². The van der Waals surface area contributed by atoms with Gasteiger partial charge in [0.15, 0.2) is 0 Å². The minimum atomic E-state index is -3.59. The minimum absolute atomic E-state index is 0.264. The Labute approximate surface area is 116 Å². The molecule has 2 unspecified atom stereocenters. The number of nitrogens with one attached hydrogen (secondary N) is 1. The SMILES string of the molecule is CCc1ccc(S(=O)(=O)NC2CCCC2C(=O)O)s1. The van der Waals surface area contributed by atoms with Gasteiger partial charge in [-0.1, -0.05) is 13.3 Å². The van der Waals surface area contributed by atoms with Gasteiger partial charge in [-0.2, -0.15) is 0 Å². The lowest BCUT2D eigenvalue weighted by molar-refractivity contribution is -0.141. The van der Waals surface area contributed by atoms with Gasteiger partial charge in [-0.15, -0.1) is 11.3 Å². The van der Waals surface area contributed by atoms with Crippen molar-refractivity contribution in [2.75, 3.05) is 0 Å². The molecule has 0 aromatic carbocycles. The normalized spacial score (nSPS) is 23.6. The van der Waals surface area contributed by atoms with E-state index in [-0.39, 0.29) is 4.21 Å². The maximum Gasteiger partial charge on any atom is 0.308 e. The summed E-state index contributed by atoms with van der Waals surface area (Å²) in [6, 6.07) is 2.88. The third kappa shape index (κ3) is 3.16. The Balaban J connectivity index is 2.15. The lowest BCUT2D eigenvalue weighted by Gasteiger charge is -2.16. The topological polar surface area (TPSA) is 83.5 Å². The Kier molecular flexibility index (Phi) is 4.27. The fraction of sp³-hybridized carbons (Fsp3) is 0.583. The summed E-state index contributed by atoms with van der Waals surface area (Å²) in [5, 5.41) is 9.06. The maximum atomic E-state index is 12.2. The van der Waals surface area contributed by atoms with Gasteiger partial charge in [0.05, 0.1) is 5.92 Å². The fourth-order valence-electron chi connectivity index (χ4n) is 2.35. The number of carbonyl (C=O) groups is 1. The molecule has 1 aromatic rings. The van der Waals surface area contributed by atoms with Gasteiger partial charge in [-0.25, -0.2) is 13.1 Å². The Morgan fingerprint density at radius 1 is 1.47 bits per heavy atom. The van der Waals surface area contributed by atoms with E-state index in [2.05, 4.69) is 4.72 Å². The van der Waals surface area contributed by atoms with Gasteiger partial charge in [0.2, 0.25) is 10.0 Å². The summed E-state index contributed by atoms with van der Waals surface area (Å²) in [6.45, 7) is 1.97. The number of carboxylic acid groups (broad SMARTS) is 1. The predicted molar refractivity (Wildman–Crippen MR) is 72.8 cm³/mol. The first-order valence-electron chi connectivity index (χ1n) is 6.28. The highest BCUT2D eigenvalue weighted by Crippen LogP contribution is 2.29. The van der Waals surface area contributed by atoms with Crippen LogP contribution in [0.3, 0.4) is 0 Å². The van der Waals surface area contributed by atoms with Crippen molar-refractivity contribution >= 4 is 27.3 Å². The van der Waals surface area contributed by atoms with Gasteiger partial charge in [-0.05, 0) is 31.4 Å². The number of aliphatic carboxylic acids is 1. The summed E-state index contributed by atoms with van der Waals surface area (Å²) in [7, 11) is -3.59. The first kappa shape index (κ1) is 14.5. The number of hydrogen-bond acceptors (Lipinski definition) is 4. The number of carboxylic acids is 1. The van der Waals surface area contributed by atoms with Crippen molar-refractivity contribution in [3.63, 3.8) is 0 Å². The number of sulfonamides is 1. The van der Waals surface area contributed by atoms with Crippen molar-refractivity contribution < 1.29 is 18.3 Å². The number of aryl methyl sites for hydroxylation is 1. The zero-order chi connectivity index (χ0) is 14.0. The molecule has 5 nitrogen and oxygen atoms in total. The van der Waals surface area contributed by atoms with Crippen LogP contribution in [0.2, 0.25) is 0 Å². The van der Waals surface area contributed by atoms with E-state index in [1.165, 1.54) is 11.3 Å². The van der Waals surface area contributed by atoms with Crippen molar-refractivity contribution in [1.82, 2.24) is 4.72 Å². The average Bonchev–Trinajstić information content (AvgIpc) is 2.95. The molecule has 0 radical (unpaired) electrons. The van der Waals surface area contributed by atoms with Crippen LogP contribution in [-0.4, -0.2) is 25.5 Å². The van der Waals surface area contributed by atoms with Crippen LogP contribution in [0.5, 0.6) is 0 Å². The first-order valence-corrected chi connectivity index (χ1v) is 8.58. The molecule has 2 rings (SSSR count). The molecule has 1 aromatic heterocycles. The summed E-state index contributed by atoms with van der Waals surface area (Å²) in [6.07, 6.45) is 2.66. The Bertz CT molecular complexity index is 564. The molecule has 19 heavy (non-hydrogen) atoms. The second-order valence-corrected chi connectivity index (χ2v) is 7.79. The molecule has 2 atom stereocenters. The van der Waals surface area contributed by atoms with Gasteiger partial charge >= 0.3 is 5.97 Å². The molecule has 0 amide bonds. The van der Waals surface area contributed by atoms with Crippen molar-refractivity contribution in [3.05, 3.63) is 17.0 Å². The van der Waals surface area contributed by atoms with Crippen LogP contribution in [0, 0.1) is 5.92 Å². The van der Waals surface area contributed by atoms with E-state index < -0.39 is 28.0 Å². The molecule has 0 saturated heterocycles. The van der Waals surface area contributed by atoms with Crippen LogP contribution >= 0.6 is 11.3 Å². The van der Waals surface area contributed by atoms with Crippen LogP contribution in [0.25, 0.3) is 0 Å². The van der Waals surface area contributed by atoms with E-state index >= 15 is 0 Å². The van der Waals surface area contributed by atoms with E-state index in [0.29, 0.717) is 12.8 Å². The second kappa shape index (κ2) is 5.60. The van der Waals surface area contributed by atoms with Gasteiger partial charge < -0.3 is 5.11 Å². The van der Waals surface area contributed by atoms with Gasteiger partial charge in [0, 0.05) is 10.9 Å². The average molecular weight is 303 g/mol. The maximum absolute atomic E-state index is 12.2. The molecule has 1 heterocycles. The van der Waals surface area contributed by atoms with Crippen molar-refractivity contribution in [2.24, 2.45) is 5.92 Å². The molecular weight excluding hydrogens is 286 g/mol. The lowest BCUT2D eigenvalue weighted by atomic mass is 10.1. The largest absolute Gasteiger partial charge is 0.481 e. The van der Waals surface area contributed by atoms with Crippen molar-refractivity contribution in [3.8, 4) is 0 Å². The van der Waals surface area contributed by atoms with E-state index in [0.717, 1.165) is 17.7 Å². The monoisotopic (exact) mass is 303 g/mol. The summed E-state index contributed by atoms with van der Waals surface area (Å²) >= 11 is 1.23. The Morgan fingerprint density at radius 2 is 2.21 bits per heavy atom. The smallest absolute Gasteiger partial charge is 0.308 e. The molecule has 1 aliphatic carbocycles. The third-order valence-electron chi connectivity index (χ3n) is 3.39. The molecular formula is C12H17NO4S2. The molecule has 0 aliphatic heterocycles. The summed E-state index contributed by atoms with van der Waals surface area (Å²) in [5.74, 6) is -1.54. The highest BCUT2D eigenvalue weighted by molar-refractivity contribution is 7.91. The quantitative estimate of drug-likeness (QED) is 0.869. The van der Waals surface area contributed by atoms with E-state index in [1.54, 1.807) is 12.1 Å². The molecule has 1 saturated carbocycles. The fourth-order valence-corrected chi connectivity index (χ4v) is 4.97. The molecule has 2 N–H and O–H groups in total. The van der Waals surface area contributed by atoms with Gasteiger partial charge in [0.1, 0.15) is 4.21 Å². The third-order valence-corrected chi connectivity index (χ3v) is 6.60. The molecule has 106 valence electrons. The lowest BCUT2D eigenvalue weighted by Crippen LogP contribution is -2.39. The van der Waals surface area contributed by atoms with Crippen LogP contribution in [0.15, 0.2) is 16.3 Å². The summed E-state index contributed by atoms with van der Waals surface area (Å²) in [4.78, 5) is 12.1. The summed E-state index contributed by atoms with van der Waals surface area (Å²) < 4.78 is 27.2. The van der Waals surface area contributed by atoms with Crippen LogP contribution in [-0.2, 0) is 21.2 Å². The van der Waals surface area contributed by atoms with E-state index in [4.69, 9.17) is 5.11 Å². The van der Waals surface area contributed by atoms with Crippen LogP contribution < -0.4 is 4.72 Å². The molecule has 7 heteroatoms. The van der Waals surface area contributed by atoms with Crippen molar-refractivity contribution in [1.29, 1.82) is 0 Å². The molecule has 1 aliphatic rings. The Hall–Kier alpha value is -0.920. The highest BCUT2D eigenvalue weighted by Gasteiger charge is 2.36. The standard InChI is InChI=1S/C12H17NO4S2/c1-2-8-6-7-11(18-8)19(16,17)13-10-5-3-4-9(10)12(14)15/h6-7,9-10,13H,2-5H2,1H3,(H,14,15). The van der Waals surface area contributed by atoms with Crippen LogP contribution in [0.4, 0.5) is 0 Å². The molecule has 0 bridgehead atoms. The van der Waals surface area contributed by atoms with Crippen LogP contribution in [0.1, 0.15) is 31.1 Å². The van der Waals surface area contributed by atoms with E-state index in [9.17, 15) is 13.2 Å². The molecule has 0 spiro atoms. The van der Waals surface area contributed by atoms with Gasteiger partial charge in [0.25, 0.3) is 0 Å². The number of hydrogen-bond donors (Lipinski definition) is 2. The number of rotatable bonds is 5. The summed E-state index contributed by atoms with van der Waals surface area (Å²) in [5.41, 5.74) is 0. The van der Waals surface area contributed by atoms with E-state index in [1.807, 2.05) is 6.92 Å². The van der Waals surface area contributed by atoms with Crippen molar-refractivity contribution in [2.45, 2.75) is 42.9 Å². The number of thiophene rings is 1. The zero-order valence-electron chi connectivity index (χ0n) is 10.6. The molecule has 1 fully saturated rings.